The Morgan fingerprint density at radius 1 is 1.33 bits per heavy atom. The SMILES string of the molecule is COC(=O)C(C)Sc1nnc(COc2ccc(C)cc2)o1. The van der Waals surface area contributed by atoms with E-state index in [1.165, 1.54) is 7.11 Å². The minimum Gasteiger partial charge on any atom is -0.484 e. The Hall–Kier alpha value is -2.02. The molecule has 1 aromatic carbocycles. The monoisotopic (exact) mass is 308 g/mol. The second-order valence-electron chi connectivity index (χ2n) is 4.35. The van der Waals surface area contributed by atoms with Crippen molar-refractivity contribution in [3.05, 3.63) is 35.7 Å². The molecule has 0 aliphatic carbocycles. The summed E-state index contributed by atoms with van der Waals surface area (Å²) in [4.78, 5) is 11.3. The van der Waals surface area contributed by atoms with E-state index in [0.29, 0.717) is 11.1 Å². The minimum atomic E-state index is -0.402. The molecule has 0 bridgehead atoms. The second kappa shape index (κ2) is 7.12. The van der Waals surface area contributed by atoms with Gasteiger partial charge in [-0.3, -0.25) is 4.79 Å². The molecule has 7 heteroatoms. The van der Waals surface area contributed by atoms with Crippen LogP contribution in [0.2, 0.25) is 0 Å². The molecule has 0 saturated heterocycles. The first-order chi connectivity index (χ1) is 10.1. The Morgan fingerprint density at radius 3 is 2.71 bits per heavy atom. The van der Waals surface area contributed by atoms with Gasteiger partial charge in [0.05, 0.1) is 7.11 Å². The maximum atomic E-state index is 11.3. The number of ether oxygens (including phenoxy) is 2. The molecule has 0 saturated carbocycles. The molecule has 0 aliphatic heterocycles. The molecule has 0 N–H and O–H groups in total. The number of aryl methyl sites for hydroxylation is 1. The summed E-state index contributed by atoms with van der Waals surface area (Å²) >= 11 is 1.15. The van der Waals surface area contributed by atoms with Gasteiger partial charge in [0.15, 0.2) is 6.61 Å². The highest BCUT2D eigenvalue weighted by atomic mass is 32.2. The van der Waals surface area contributed by atoms with Crippen molar-refractivity contribution in [3.8, 4) is 5.75 Å². The Kier molecular flexibility index (Phi) is 5.21. The smallest absolute Gasteiger partial charge is 0.319 e. The van der Waals surface area contributed by atoms with Crippen LogP contribution in [0, 0.1) is 6.92 Å². The molecule has 0 amide bonds. The fourth-order valence-electron chi connectivity index (χ4n) is 1.49. The number of carbonyl (C=O) groups excluding carboxylic acids is 1. The van der Waals surface area contributed by atoms with E-state index in [1.54, 1.807) is 6.92 Å². The van der Waals surface area contributed by atoms with Crippen LogP contribution in [0.1, 0.15) is 18.4 Å². The maximum absolute atomic E-state index is 11.3. The summed E-state index contributed by atoms with van der Waals surface area (Å²) in [5, 5.41) is 7.64. The summed E-state index contributed by atoms with van der Waals surface area (Å²) < 4.78 is 15.6. The summed E-state index contributed by atoms with van der Waals surface area (Å²) in [5.74, 6) is 0.752. The van der Waals surface area contributed by atoms with Crippen molar-refractivity contribution in [1.82, 2.24) is 10.2 Å². The fourth-order valence-corrected chi connectivity index (χ4v) is 2.22. The van der Waals surface area contributed by atoms with Gasteiger partial charge < -0.3 is 13.9 Å². The summed E-state index contributed by atoms with van der Waals surface area (Å²) in [7, 11) is 1.34. The van der Waals surface area contributed by atoms with Gasteiger partial charge in [-0.05, 0) is 26.0 Å². The Bertz CT molecular complexity index is 597. The molecule has 21 heavy (non-hydrogen) atoms. The van der Waals surface area contributed by atoms with Gasteiger partial charge in [-0.25, -0.2) is 0 Å². The third-order valence-corrected chi connectivity index (χ3v) is 3.55. The van der Waals surface area contributed by atoms with Crippen molar-refractivity contribution in [1.29, 1.82) is 0 Å². The van der Waals surface area contributed by atoms with E-state index in [2.05, 4.69) is 14.9 Å². The zero-order valence-electron chi connectivity index (χ0n) is 12.0. The van der Waals surface area contributed by atoms with Crippen LogP contribution in [-0.4, -0.2) is 28.5 Å². The van der Waals surface area contributed by atoms with Crippen LogP contribution >= 0.6 is 11.8 Å². The van der Waals surface area contributed by atoms with Gasteiger partial charge in [-0.1, -0.05) is 29.5 Å². The van der Waals surface area contributed by atoms with E-state index in [-0.39, 0.29) is 12.6 Å². The Balaban J connectivity index is 1.88. The van der Waals surface area contributed by atoms with Crippen molar-refractivity contribution >= 4 is 17.7 Å². The second-order valence-corrected chi connectivity index (χ2v) is 5.64. The average Bonchev–Trinajstić information content (AvgIpc) is 2.93. The first-order valence-corrected chi connectivity index (χ1v) is 7.23. The van der Waals surface area contributed by atoms with Gasteiger partial charge in [0.2, 0.25) is 0 Å². The van der Waals surface area contributed by atoms with Crippen molar-refractivity contribution in [2.45, 2.75) is 30.9 Å². The normalized spacial score (nSPS) is 12.0. The third kappa shape index (κ3) is 4.49. The zero-order valence-corrected chi connectivity index (χ0v) is 12.8. The van der Waals surface area contributed by atoms with E-state index in [1.807, 2.05) is 31.2 Å². The maximum Gasteiger partial charge on any atom is 0.319 e. The van der Waals surface area contributed by atoms with Gasteiger partial charge in [-0.2, -0.15) is 0 Å². The van der Waals surface area contributed by atoms with Gasteiger partial charge in [0.25, 0.3) is 11.1 Å². The molecular formula is C14H16N2O4S. The van der Waals surface area contributed by atoms with Crippen molar-refractivity contribution in [2.75, 3.05) is 7.11 Å². The van der Waals surface area contributed by atoms with Crippen LogP contribution in [0.4, 0.5) is 0 Å². The molecule has 0 spiro atoms. The molecule has 0 aliphatic rings. The summed E-state index contributed by atoms with van der Waals surface area (Å²) in [6, 6.07) is 7.67. The number of aromatic nitrogens is 2. The highest BCUT2D eigenvalue weighted by molar-refractivity contribution is 8.00. The molecule has 1 atom stereocenters. The van der Waals surface area contributed by atoms with E-state index in [4.69, 9.17) is 9.15 Å². The van der Waals surface area contributed by atoms with Crippen molar-refractivity contribution < 1.29 is 18.7 Å². The molecular weight excluding hydrogens is 292 g/mol. The number of methoxy groups -OCH3 is 1. The van der Waals surface area contributed by atoms with Crippen LogP contribution in [0.5, 0.6) is 5.75 Å². The lowest BCUT2D eigenvalue weighted by Crippen LogP contribution is -2.14. The van der Waals surface area contributed by atoms with Gasteiger partial charge in [0, 0.05) is 0 Å². The summed E-state index contributed by atoms with van der Waals surface area (Å²) in [5.41, 5.74) is 1.16. The average molecular weight is 308 g/mol. The van der Waals surface area contributed by atoms with Crippen LogP contribution in [-0.2, 0) is 16.1 Å². The zero-order chi connectivity index (χ0) is 15.2. The van der Waals surface area contributed by atoms with Gasteiger partial charge >= 0.3 is 5.97 Å². The minimum absolute atomic E-state index is 0.184. The van der Waals surface area contributed by atoms with E-state index >= 15 is 0 Å². The molecule has 112 valence electrons. The molecule has 2 aromatic rings. The molecule has 0 fully saturated rings. The predicted molar refractivity (Wildman–Crippen MR) is 77.1 cm³/mol. The van der Waals surface area contributed by atoms with Crippen molar-refractivity contribution in [3.63, 3.8) is 0 Å². The number of esters is 1. The lowest BCUT2D eigenvalue weighted by atomic mass is 10.2. The highest BCUT2D eigenvalue weighted by Crippen LogP contribution is 2.23. The van der Waals surface area contributed by atoms with Crippen LogP contribution in [0.15, 0.2) is 33.9 Å². The quantitative estimate of drug-likeness (QED) is 0.599. The number of benzene rings is 1. The molecule has 1 aromatic heterocycles. The molecule has 2 rings (SSSR count). The molecule has 1 heterocycles. The lowest BCUT2D eigenvalue weighted by Gasteiger charge is -2.04. The van der Waals surface area contributed by atoms with Gasteiger partial charge in [-0.15, -0.1) is 10.2 Å². The first-order valence-electron chi connectivity index (χ1n) is 6.35. The number of thioether (sulfide) groups is 1. The van der Waals surface area contributed by atoms with E-state index in [9.17, 15) is 4.79 Å². The fraction of sp³-hybridized carbons (Fsp3) is 0.357. The topological polar surface area (TPSA) is 74.5 Å². The highest BCUT2D eigenvalue weighted by Gasteiger charge is 2.18. The lowest BCUT2D eigenvalue weighted by molar-refractivity contribution is -0.139. The van der Waals surface area contributed by atoms with Crippen LogP contribution in [0.3, 0.4) is 0 Å². The number of nitrogens with zero attached hydrogens (tertiary/aromatic N) is 2. The Labute approximate surface area is 126 Å². The predicted octanol–water partition coefficient (Wildman–Crippen LogP) is 2.61. The van der Waals surface area contributed by atoms with Crippen LogP contribution in [0.25, 0.3) is 0 Å². The largest absolute Gasteiger partial charge is 0.484 e. The summed E-state index contributed by atoms with van der Waals surface area (Å²) in [6.45, 7) is 3.90. The summed E-state index contributed by atoms with van der Waals surface area (Å²) in [6.07, 6.45) is 0. The Morgan fingerprint density at radius 2 is 2.05 bits per heavy atom. The molecule has 0 radical (unpaired) electrons. The molecule has 6 nitrogen and oxygen atoms in total. The number of rotatable bonds is 6. The number of carbonyl (C=O) groups is 1. The first kappa shape index (κ1) is 15.4. The van der Waals surface area contributed by atoms with Crippen LogP contribution < -0.4 is 4.74 Å². The molecule has 1 unspecified atom stereocenters. The standard InChI is InChI=1S/C14H16N2O4S/c1-9-4-6-11(7-5-9)19-8-12-15-16-14(20-12)21-10(2)13(17)18-3/h4-7,10H,8H2,1-3H3. The number of hydrogen-bond donors (Lipinski definition) is 0. The third-order valence-electron chi connectivity index (χ3n) is 2.64. The number of hydrogen-bond acceptors (Lipinski definition) is 7. The van der Waals surface area contributed by atoms with E-state index in [0.717, 1.165) is 23.1 Å². The van der Waals surface area contributed by atoms with E-state index < -0.39 is 5.25 Å². The van der Waals surface area contributed by atoms with Crippen molar-refractivity contribution in [2.24, 2.45) is 0 Å². The van der Waals surface area contributed by atoms with Gasteiger partial charge in [0.1, 0.15) is 11.0 Å².